The van der Waals surface area contributed by atoms with Gasteiger partial charge in [-0.05, 0) is 6.92 Å². The first kappa shape index (κ1) is 12.9. The third kappa shape index (κ3) is 7.03. The summed E-state index contributed by atoms with van der Waals surface area (Å²) in [6.07, 6.45) is -1.61. The highest BCUT2D eigenvalue weighted by Gasteiger charge is 2.11. The van der Waals surface area contributed by atoms with Crippen LogP contribution in [0.4, 0.5) is 0 Å². The van der Waals surface area contributed by atoms with E-state index in [1.807, 2.05) is 0 Å². The fourth-order valence-electron chi connectivity index (χ4n) is 0.628. The second-order valence-corrected chi connectivity index (χ2v) is 2.46. The minimum atomic E-state index is -0.867. The molecule has 0 fully saturated rings. The minimum Gasteiger partial charge on any atom is -0.461 e. The number of nitriles is 2. The van der Waals surface area contributed by atoms with E-state index < -0.39 is 18.0 Å². The van der Waals surface area contributed by atoms with Crippen molar-refractivity contribution in [3.63, 3.8) is 0 Å². The van der Waals surface area contributed by atoms with Crippen LogP contribution in [0.3, 0.4) is 0 Å². The summed E-state index contributed by atoms with van der Waals surface area (Å²) in [7, 11) is 0. The minimum absolute atomic E-state index is 0.225. The van der Waals surface area contributed by atoms with Crippen molar-refractivity contribution in [2.75, 3.05) is 6.61 Å². The molecule has 0 N–H and O–H groups in total. The first-order chi connectivity index (χ1) is 7.10. The molecule has 0 spiro atoms. The molecular formula is C9H9N2O4. The van der Waals surface area contributed by atoms with Gasteiger partial charge in [0.25, 0.3) is 0 Å². The molecule has 15 heavy (non-hydrogen) atoms. The van der Waals surface area contributed by atoms with Crippen LogP contribution in [-0.2, 0) is 19.1 Å². The molecule has 0 aromatic carbocycles. The van der Waals surface area contributed by atoms with Crippen LogP contribution >= 0.6 is 0 Å². The van der Waals surface area contributed by atoms with E-state index in [4.69, 9.17) is 10.5 Å². The summed E-state index contributed by atoms with van der Waals surface area (Å²) in [5.74, 6) is -1.43. The fourth-order valence-corrected chi connectivity index (χ4v) is 0.628. The molecular weight excluding hydrogens is 200 g/mol. The third-order valence-electron chi connectivity index (χ3n) is 1.18. The van der Waals surface area contributed by atoms with Crippen LogP contribution in [0.1, 0.15) is 12.8 Å². The molecule has 0 amide bonds. The maximum atomic E-state index is 10.7. The van der Waals surface area contributed by atoms with E-state index >= 15 is 0 Å². The number of carbonyl (C=O) groups is 2. The van der Waals surface area contributed by atoms with Crippen LogP contribution in [0.2, 0.25) is 0 Å². The second-order valence-electron chi connectivity index (χ2n) is 2.46. The SMILES string of the molecule is [CH2]C(COC(=O)CC#N)OC(=O)CC#N. The maximum absolute atomic E-state index is 10.7. The molecule has 0 heterocycles. The summed E-state index contributed by atoms with van der Waals surface area (Å²) >= 11 is 0. The van der Waals surface area contributed by atoms with Crippen LogP contribution in [0, 0.1) is 29.6 Å². The summed E-state index contributed by atoms with van der Waals surface area (Å²) in [6, 6.07) is 3.21. The Morgan fingerprint density at radius 1 is 1.20 bits per heavy atom. The largest absolute Gasteiger partial charge is 0.461 e. The Bertz CT molecular complexity index is 313. The highest BCUT2D eigenvalue weighted by Crippen LogP contribution is 1.96. The number of esters is 2. The van der Waals surface area contributed by atoms with Gasteiger partial charge in [0.15, 0.2) is 0 Å². The molecule has 6 heteroatoms. The molecule has 0 saturated carbocycles. The summed E-state index contributed by atoms with van der Waals surface area (Å²) in [5, 5.41) is 16.3. The van der Waals surface area contributed by atoms with Gasteiger partial charge in [-0.3, -0.25) is 9.59 Å². The van der Waals surface area contributed by atoms with E-state index in [2.05, 4.69) is 16.4 Å². The predicted molar refractivity (Wildman–Crippen MR) is 46.7 cm³/mol. The average Bonchev–Trinajstić information content (AvgIpc) is 2.15. The van der Waals surface area contributed by atoms with Crippen molar-refractivity contribution in [2.45, 2.75) is 18.9 Å². The maximum Gasteiger partial charge on any atom is 0.320 e. The van der Waals surface area contributed by atoms with Gasteiger partial charge in [-0.25, -0.2) is 0 Å². The molecule has 1 unspecified atom stereocenters. The molecule has 0 saturated heterocycles. The van der Waals surface area contributed by atoms with Crippen LogP contribution in [-0.4, -0.2) is 24.6 Å². The Hall–Kier alpha value is -2.08. The highest BCUT2D eigenvalue weighted by molar-refractivity contribution is 5.72. The van der Waals surface area contributed by atoms with Crippen molar-refractivity contribution >= 4 is 11.9 Å². The van der Waals surface area contributed by atoms with Gasteiger partial charge in [-0.1, -0.05) is 0 Å². The Labute approximate surface area is 87.0 Å². The molecule has 0 aromatic rings. The molecule has 0 aliphatic heterocycles. The monoisotopic (exact) mass is 209 g/mol. The van der Waals surface area contributed by atoms with Gasteiger partial charge in [0.05, 0.1) is 12.1 Å². The molecule has 0 rings (SSSR count). The van der Waals surface area contributed by atoms with Gasteiger partial charge >= 0.3 is 11.9 Å². The van der Waals surface area contributed by atoms with Crippen molar-refractivity contribution in [3.8, 4) is 12.1 Å². The lowest BCUT2D eigenvalue weighted by Crippen LogP contribution is -2.22. The van der Waals surface area contributed by atoms with E-state index in [0.717, 1.165) is 0 Å². The molecule has 79 valence electrons. The summed E-state index contributed by atoms with van der Waals surface area (Å²) in [6.45, 7) is 3.16. The smallest absolute Gasteiger partial charge is 0.320 e. The fraction of sp³-hybridized carbons (Fsp3) is 0.444. The lowest BCUT2D eigenvalue weighted by atomic mass is 10.4. The molecule has 0 aliphatic carbocycles. The number of ether oxygens (including phenoxy) is 2. The molecule has 0 aliphatic rings. The van der Waals surface area contributed by atoms with E-state index in [9.17, 15) is 9.59 Å². The van der Waals surface area contributed by atoms with Gasteiger partial charge in [0.1, 0.15) is 25.6 Å². The summed E-state index contributed by atoms with van der Waals surface area (Å²) < 4.78 is 9.13. The van der Waals surface area contributed by atoms with Gasteiger partial charge in [-0.2, -0.15) is 10.5 Å². The average molecular weight is 209 g/mol. The summed E-state index contributed by atoms with van der Waals surface area (Å²) in [5.41, 5.74) is 0. The standard InChI is InChI=1S/C9H9N2O4/c1-7(15-9(13)3-5-11)6-14-8(12)2-4-10/h7H,1-3,6H2. The van der Waals surface area contributed by atoms with E-state index in [1.54, 1.807) is 12.1 Å². The quantitative estimate of drug-likeness (QED) is 0.595. The molecule has 6 nitrogen and oxygen atoms in total. The zero-order chi connectivity index (χ0) is 11.7. The van der Waals surface area contributed by atoms with E-state index in [1.165, 1.54) is 0 Å². The normalized spacial score (nSPS) is 10.6. The van der Waals surface area contributed by atoms with Crippen LogP contribution in [0.25, 0.3) is 0 Å². The molecule has 0 bridgehead atoms. The topological polar surface area (TPSA) is 100 Å². The Kier molecular flexibility index (Phi) is 6.32. The predicted octanol–water partition coefficient (Wildman–Crippen LogP) is 0.103. The van der Waals surface area contributed by atoms with E-state index in [0.29, 0.717) is 0 Å². The van der Waals surface area contributed by atoms with Gasteiger partial charge in [-0.15, -0.1) is 0 Å². The van der Waals surface area contributed by atoms with E-state index in [-0.39, 0.29) is 19.4 Å². The lowest BCUT2D eigenvalue weighted by molar-refractivity contribution is -0.155. The number of carbonyl (C=O) groups excluding carboxylic acids is 2. The van der Waals surface area contributed by atoms with Crippen LogP contribution < -0.4 is 0 Å². The van der Waals surface area contributed by atoms with Crippen LogP contribution in [0.5, 0.6) is 0 Å². The Morgan fingerprint density at radius 2 is 1.73 bits per heavy atom. The zero-order valence-corrected chi connectivity index (χ0v) is 7.93. The van der Waals surface area contributed by atoms with Crippen molar-refractivity contribution in [1.29, 1.82) is 10.5 Å². The van der Waals surface area contributed by atoms with Crippen molar-refractivity contribution in [2.24, 2.45) is 0 Å². The third-order valence-corrected chi connectivity index (χ3v) is 1.18. The van der Waals surface area contributed by atoms with Crippen molar-refractivity contribution < 1.29 is 19.1 Å². The number of hydrogen-bond donors (Lipinski definition) is 0. The molecule has 0 aromatic heterocycles. The number of hydrogen-bond acceptors (Lipinski definition) is 6. The van der Waals surface area contributed by atoms with Crippen molar-refractivity contribution in [1.82, 2.24) is 0 Å². The van der Waals surface area contributed by atoms with Gasteiger partial charge in [0, 0.05) is 0 Å². The second kappa shape index (κ2) is 7.34. The number of nitrogens with zero attached hydrogens (tertiary/aromatic N) is 2. The Morgan fingerprint density at radius 3 is 2.27 bits per heavy atom. The highest BCUT2D eigenvalue weighted by atomic mass is 16.6. The lowest BCUT2D eigenvalue weighted by Gasteiger charge is -2.11. The molecule has 1 radical (unpaired) electrons. The van der Waals surface area contributed by atoms with Crippen molar-refractivity contribution in [3.05, 3.63) is 6.92 Å². The van der Waals surface area contributed by atoms with Gasteiger partial charge in [0.2, 0.25) is 0 Å². The van der Waals surface area contributed by atoms with Gasteiger partial charge < -0.3 is 9.47 Å². The zero-order valence-electron chi connectivity index (χ0n) is 7.93. The Balaban J connectivity index is 3.72. The summed E-state index contributed by atoms with van der Waals surface area (Å²) in [4.78, 5) is 21.4. The number of rotatable bonds is 5. The first-order valence-corrected chi connectivity index (χ1v) is 4.02. The van der Waals surface area contributed by atoms with Crippen LogP contribution in [0.15, 0.2) is 0 Å². The molecule has 1 atom stereocenters. The first-order valence-electron chi connectivity index (χ1n) is 4.02.